The highest BCUT2D eigenvalue weighted by atomic mass is 35.5. The number of para-hydroxylation sites is 1. The zero-order chi connectivity index (χ0) is 13.4. The monoisotopic (exact) mass is 273 g/mol. The van der Waals surface area contributed by atoms with Crippen LogP contribution in [-0.4, -0.2) is 9.78 Å². The van der Waals surface area contributed by atoms with Crippen LogP contribution < -0.4 is 5.73 Å². The van der Waals surface area contributed by atoms with Crippen LogP contribution in [0.15, 0.2) is 47.1 Å². The van der Waals surface area contributed by atoms with E-state index in [1.54, 1.807) is 23.1 Å². The molecular formula is C14H12ClN3O. The lowest BCUT2D eigenvalue weighted by molar-refractivity contribution is 0.535. The van der Waals surface area contributed by atoms with Crippen molar-refractivity contribution in [3.05, 3.63) is 53.4 Å². The summed E-state index contributed by atoms with van der Waals surface area (Å²) in [6, 6.07) is 11.1. The van der Waals surface area contributed by atoms with Crippen molar-refractivity contribution < 1.29 is 4.42 Å². The van der Waals surface area contributed by atoms with Gasteiger partial charge in [-0.05, 0) is 25.1 Å². The third kappa shape index (κ3) is 2.00. The van der Waals surface area contributed by atoms with Crippen LogP contribution in [0.5, 0.6) is 0 Å². The molecule has 0 aliphatic carbocycles. The Morgan fingerprint density at radius 1 is 1.26 bits per heavy atom. The number of hydrogen-bond donors (Lipinski definition) is 1. The molecule has 0 bridgehead atoms. The lowest BCUT2D eigenvalue weighted by atomic mass is 10.2. The van der Waals surface area contributed by atoms with E-state index in [4.69, 9.17) is 21.8 Å². The van der Waals surface area contributed by atoms with Crippen molar-refractivity contribution in [2.45, 2.75) is 6.92 Å². The molecule has 0 saturated heterocycles. The van der Waals surface area contributed by atoms with Crippen LogP contribution in [0.2, 0.25) is 5.02 Å². The highest BCUT2D eigenvalue weighted by Gasteiger charge is 2.13. The third-order valence-corrected chi connectivity index (χ3v) is 3.27. The van der Waals surface area contributed by atoms with Gasteiger partial charge in [0.05, 0.1) is 22.7 Å². The molecule has 3 rings (SSSR count). The highest BCUT2D eigenvalue weighted by molar-refractivity contribution is 6.32. The van der Waals surface area contributed by atoms with Crippen LogP contribution in [0.3, 0.4) is 0 Å². The van der Waals surface area contributed by atoms with Crippen LogP contribution >= 0.6 is 11.6 Å². The Hall–Kier alpha value is -2.20. The van der Waals surface area contributed by atoms with Gasteiger partial charge in [0.25, 0.3) is 0 Å². The molecule has 0 amide bonds. The first-order valence-corrected chi connectivity index (χ1v) is 6.19. The first kappa shape index (κ1) is 11.9. The number of benzene rings is 1. The maximum Gasteiger partial charge on any atom is 0.127 e. The lowest BCUT2D eigenvalue weighted by Crippen LogP contribution is -2.02. The SMILES string of the molecule is Cc1occc1-c1cc(N)n(-c2ccccc2Cl)n1. The van der Waals surface area contributed by atoms with E-state index >= 15 is 0 Å². The Kier molecular flexibility index (Phi) is 2.80. The van der Waals surface area contributed by atoms with Crippen molar-refractivity contribution in [1.29, 1.82) is 0 Å². The molecule has 1 aromatic carbocycles. The first-order chi connectivity index (χ1) is 9.16. The van der Waals surface area contributed by atoms with Gasteiger partial charge in [0.2, 0.25) is 0 Å². The van der Waals surface area contributed by atoms with Gasteiger partial charge in [-0.1, -0.05) is 23.7 Å². The second-order valence-electron chi connectivity index (χ2n) is 4.21. The fourth-order valence-electron chi connectivity index (χ4n) is 1.99. The minimum atomic E-state index is 0.531. The molecule has 4 nitrogen and oxygen atoms in total. The summed E-state index contributed by atoms with van der Waals surface area (Å²) in [6.07, 6.45) is 1.63. The molecule has 96 valence electrons. The van der Waals surface area contributed by atoms with Crippen LogP contribution in [-0.2, 0) is 0 Å². The first-order valence-electron chi connectivity index (χ1n) is 5.82. The molecule has 2 aromatic heterocycles. The number of aryl methyl sites for hydroxylation is 1. The van der Waals surface area contributed by atoms with Gasteiger partial charge >= 0.3 is 0 Å². The van der Waals surface area contributed by atoms with Crippen molar-refractivity contribution in [2.24, 2.45) is 0 Å². The van der Waals surface area contributed by atoms with Crippen LogP contribution in [0, 0.1) is 6.92 Å². The standard InChI is InChI=1S/C14H12ClN3O/c1-9-10(6-7-19-9)12-8-14(16)18(17-12)13-5-3-2-4-11(13)15/h2-8H,16H2,1H3. The second-order valence-corrected chi connectivity index (χ2v) is 4.62. The molecule has 0 radical (unpaired) electrons. The predicted molar refractivity (Wildman–Crippen MR) is 75.4 cm³/mol. The summed E-state index contributed by atoms with van der Waals surface area (Å²) in [5.41, 5.74) is 8.46. The number of nitrogens with two attached hydrogens (primary N) is 1. The van der Waals surface area contributed by atoms with E-state index in [1.807, 2.05) is 31.2 Å². The summed E-state index contributed by atoms with van der Waals surface area (Å²) in [5.74, 6) is 1.34. The van der Waals surface area contributed by atoms with E-state index in [0.717, 1.165) is 22.7 Å². The molecule has 0 fully saturated rings. The molecule has 19 heavy (non-hydrogen) atoms. The molecule has 2 heterocycles. The van der Waals surface area contributed by atoms with Crippen LogP contribution in [0.4, 0.5) is 5.82 Å². The van der Waals surface area contributed by atoms with E-state index in [1.165, 1.54) is 0 Å². The maximum atomic E-state index is 6.16. The molecule has 0 aliphatic heterocycles. The molecule has 0 unspecified atom stereocenters. The topological polar surface area (TPSA) is 57.0 Å². The lowest BCUT2D eigenvalue weighted by Gasteiger charge is -2.05. The molecule has 3 aromatic rings. The fraction of sp³-hybridized carbons (Fsp3) is 0.0714. The van der Waals surface area contributed by atoms with E-state index in [2.05, 4.69) is 5.10 Å². The number of rotatable bonds is 2. The molecular weight excluding hydrogens is 262 g/mol. The zero-order valence-electron chi connectivity index (χ0n) is 10.3. The number of anilines is 1. The van der Waals surface area contributed by atoms with Gasteiger partial charge < -0.3 is 10.2 Å². The number of nitrogen functional groups attached to an aromatic ring is 1. The van der Waals surface area contributed by atoms with Crippen LogP contribution in [0.25, 0.3) is 16.9 Å². The molecule has 0 atom stereocenters. The van der Waals surface area contributed by atoms with Crippen molar-refractivity contribution in [3.63, 3.8) is 0 Å². The quantitative estimate of drug-likeness (QED) is 0.775. The van der Waals surface area contributed by atoms with Crippen LogP contribution in [0.1, 0.15) is 5.76 Å². The van der Waals surface area contributed by atoms with Gasteiger partial charge in [-0.3, -0.25) is 0 Å². The Labute approximate surface area is 115 Å². The smallest absolute Gasteiger partial charge is 0.127 e. The number of nitrogens with zero attached hydrogens (tertiary/aromatic N) is 2. The molecule has 5 heteroatoms. The summed E-state index contributed by atoms with van der Waals surface area (Å²) in [6.45, 7) is 1.89. The van der Waals surface area contributed by atoms with Gasteiger partial charge in [-0.15, -0.1) is 0 Å². The predicted octanol–water partition coefficient (Wildman–Crippen LogP) is 3.68. The molecule has 0 spiro atoms. The van der Waals surface area contributed by atoms with E-state index in [0.29, 0.717) is 10.8 Å². The average molecular weight is 274 g/mol. The minimum Gasteiger partial charge on any atom is -0.469 e. The molecule has 0 aliphatic rings. The van der Waals surface area contributed by atoms with E-state index < -0.39 is 0 Å². The summed E-state index contributed by atoms with van der Waals surface area (Å²) in [7, 11) is 0. The van der Waals surface area contributed by atoms with Gasteiger partial charge in [0.1, 0.15) is 11.6 Å². The fourth-order valence-corrected chi connectivity index (χ4v) is 2.21. The Morgan fingerprint density at radius 2 is 2.05 bits per heavy atom. The van der Waals surface area contributed by atoms with Crippen molar-refractivity contribution in [2.75, 3.05) is 5.73 Å². The summed E-state index contributed by atoms with van der Waals surface area (Å²) < 4.78 is 6.91. The number of furan rings is 1. The number of aromatic nitrogens is 2. The summed E-state index contributed by atoms with van der Waals surface area (Å²) in [4.78, 5) is 0. The van der Waals surface area contributed by atoms with Crippen molar-refractivity contribution >= 4 is 17.4 Å². The van der Waals surface area contributed by atoms with Gasteiger partial charge in [-0.2, -0.15) is 5.10 Å². The second kappa shape index (κ2) is 4.48. The average Bonchev–Trinajstić information content (AvgIpc) is 2.96. The minimum absolute atomic E-state index is 0.531. The Balaban J connectivity index is 2.13. The normalized spacial score (nSPS) is 10.8. The maximum absolute atomic E-state index is 6.16. The van der Waals surface area contributed by atoms with Gasteiger partial charge in [0.15, 0.2) is 0 Å². The Morgan fingerprint density at radius 3 is 2.74 bits per heavy atom. The third-order valence-electron chi connectivity index (χ3n) is 2.95. The number of hydrogen-bond acceptors (Lipinski definition) is 3. The van der Waals surface area contributed by atoms with Gasteiger partial charge in [-0.25, -0.2) is 4.68 Å². The van der Waals surface area contributed by atoms with E-state index in [-0.39, 0.29) is 0 Å². The zero-order valence-corrected chi connectivity index (χ0v) is 11.1. The molecule has 2 N–H and O–H groups in total. The molecule has 0 saturated carbocycles. The van der Waals surface area contributed by atoms with Crippen molar-refractivity contribution in [3.8, 4) is 16.9 Å². The largest absolute Gasteiger partial charge is 0.469 e. The summed E-state index contributed by atoms with van der Waals surface area (Å²) in [5, 5.41) is 5.10. The van der Waals surface area contributed by atoms with E-state index in [9.17, 15) is 0 Å². The van der Waals surface area contributed by atoms with Gasteiger partial charge in [0, 0.05) is 11.6 Å². The van der Waals surface area contributed by atoms with Crippen molar-refractivity contribution in [1.82, 2.24) is 9.78 Å². The number of halogens is 1. The summed E-state index contributed by atoms with van der Waals surface area (Å²) >= 11 is 6.16. The Bertz CT molecular complexity index is 730. The highest BCUT2D eigenvalue weighted by Crippen LogP contribution is 2.28.